The number of pyridine rings is 1. The molecule has 0 bridgehead atoms. The fourth-order valence-corrected chi connectivity index (χ4v) is 4.85. The summed E-state index contributed by atoms with van der Waals surface area (Å²) in [5.74, 6) is -1.11. The van der Waals surface area contributed by atoms with Crippen molar-refractivity contribution in [3.63, 3.8) is 0 Å². The van der Waals surface area contributed by atoms with E-state index in [1.165, 1.54) is 16.0 Å². The summed E-state index contributed by atoms with van der Waals surface area (Å²) < 4.78 is 41.5. The monoisotopic (exact) mass is 535 g/mol. The normalized spacial score (nSPS) is 16.9. The highest BCUT2D eigenvalue weighted by molar-refractivity contribution is 5.79. The van der Waals surface area contributed by atoms with Crippen LogP contribution in [0, 0.1) is 36.8 Å². The van der Waals surface area contributed by atoms with Crippen LogP contribution in [0.5, 0.6) is 5.75 Å². The van der Waals surface area contributed by atoms with E-state index in [9.17, 15) is 13.6 Å². The Bertz CT molecular complexity index is 1480. The molecule has 2 aliphatic rings. The van der Waals surface area contributed by atoms with Gasteiger partial charge in [0.25, 0.3) is 0 Å². The van der Waals surface area contributed by atoms with Gasteiger partial charge in [0.2, 0.25) is 0 Å². The molecule has 1 atom stereocenters. The van der Waals surface area contributed by atoms with Gasteiger partial charge in [-0.05, 0) is 37.6 Å². The second kappa shape index (κ2) is 10.8. The van der Waals surface area contributed by atoms with Crippen LogP contribution in [0.4, 0.5) is 13.6 Å². The molecule has 12 heteroatoms. The van der Waals surface area contributed by atoms with E-state index in [0.717, 1.165) is 29.2 Å². The van der Waals surface area contributed by atoms with Crippen molar-refractivity contribution in [2.45, 2.75) is 39.0 Å². The van der Waals surface area contributed by atoms with Crippen LogP contribution in [-0.4, -0.2) is 69.8 Å². The lowest BCUT2D eigenvalue weighted by Gasteiger charge is -2.41. The Morgan fingerprint density at radius 3 is 2.74 bits per heavy atom. The van der Waals surface area contributed by atoms with Crippen LogP contribution in [0.25, 0.3) is 11.3 Å². The van der Waals surface area contributed by atoms with E-state index in [4.69, 9.17) is 14.7 Å². The maximum atomic E-state index is 14.6. The fraction of sp³-hybridized carbons (Fsp3) is 0.370. The van der Waals surface area contributed by atoms with Gasteiger partial charge in [-0.2, -0.15) is 15.5 Å². The van der Waals surface area contributed by atoms with Crippen LogP contribution in [0.2, 0.25) is 0 Å². The Labute approximate surface area is 224 Å². The Balaban J connectivity index is 1.25. The molecule has 10 nitrogen and oxygen atoms in total. The zero-order valence-electron chi connectivity index (χ0n) is 21.8. The Morgan fingerprint density at radius 2 is 2.00 bits per heavy atom. The molecule has 0 radical (unpaired) electrons. The van der Waals surface area contributed by atoms with Crippen molar-refractivity contribution in [1.29, 1.82) is 5.26 Å². The lowest BCUT2D eigenvalue weighted by molar-refractivity contribution is 0.0257. The first-order valence-electron chi connectivity index (χ1n) is 12.5. The van der Waals surface area contributed by atoms with E-state index in [1.807, 2.05) is 24.6 Å². The number of ether oxygens (including phenoxy) is 2. The number of carbonyl (C=O) groups is 1. The number of amides is 2. The molecule has 1 saturated heterocycles. The average Bonchev–Trinajstić information content (AvgIpc) is 3.49. The number of urea groups is 1. The molecule has 1 unspecified atom stereocenters. The van der Waals surface area contributed by atoms with Crippen LogP contribution in [0.1, 0.15) is 35.0 Å². The van der Waals surface area contributed by atoms with Gasteiger partial charge in [0, 0.05) is 37.1 Å². The number of hydrogen-bond donors (Lipinski definition) is 0. The van der Waals surface area contributed by atoms with Crippen molar-refractivity contribution in [2.24, 2.45) is 5.10 Å². The third kappa shape index (κ3) is 5.18. The minimum absolute atomic E-state index is 0.0430. The zero-order valence-corrected chi connectivity index (χ0v) is 21.8. The van der Waals surface area contributed by atoms with Gasteiger partial charge < -0.3 is 14.4 Å². The maximum absolute atomic E-state index is 14.6. The molecule has 3 aromatic rings. The van der Waals surface area contributed by atoms with E-state index >= 15 is 0 Å². The first-order chi connectivity index (χ1) is 18.8. The highest BCUT2D eigenvalue weighted by Crippen LogP contribution is 2.33. The molecule has 2 aliphatic heterocycles. The molecule has 0 N–H and O–H groups in total. The summed E-state index contributed by atoms with van der Waals surface area (Å²) in [6, 6.07) is 6.59. The third-order valence-electron chi connectivity index (χ3n) is 6.84. The average molecular weight is 536 g/mol. The van der Waals surface area contributed by atoms with Crippen molar-refractivity contribution in [1.82, 2.24) is 24.7 Å². The number of rotatable bonds is 7. The van der Waals surface area contributed by atoms with E-state index < -0.39 is 23.8 Å². The number of aromatic nitrogens is 3. The van der Waals surface area contributed by atoms with Crippen molar-refractivity contribution in [3.05, 3.63) is 64.6 Å². The number of halogens is 2. The maximum Gasteiger partial charge on any atom is 0.341 e. The van der Waals surface area contributed by atoms with E-state index in [0.29, 0.717) is 30.8 Å². The molecule has 39 heavy (non-hydrogen) atoms. The van der Waals surface area contributed by atoms with Crippen LogP contribution in [0.3, 0.4) is 0 Å². The van der Waals surface area contributed by atoms with Gasteiger partial charge >= 0.3 is 6.03 Å². The van der Waals surface area contributed by atoms with Crippen molar-refractivity contribution in [3.8, 4) is 23.1 Å². The van der Waals surface area contributed by atoms with Gasteiger partial charge in [-0.3, -0.25) is 9.67 Å². The Kier molecular flexibility index (Phi) is 7.26. The largest absolute Gasteiger partial charge is 0.483 e. The lowest BCUT2D eigenvalue weighted by Crippen LogP contribution is -2.58. The molecule has 2 aromatic heterocycles. The summed E-state index contributed by atoms with van der Waals surface area (Å²) >= 11 is 0. The van der Waals surface area contributed by atoms with E-state index in [2.05, 4.69) is 15.2 Å². The van der Waals surface area contributed by atoms with Crippen molar-refractivity contribution < 1.29 is 23.0 Å². The van der Waals surface area contributed by atoms with Gasteiger partial charge in [-0.15, -0.1) is 0 Å². The predicted molar refractivity (Wildman–Crippen MR) is 137 cm³/mol. The molecule has 5 rings (SSSR count). The second-order valence-electron chi connectivity index (χ2n) is 9.47. The topological polar surface area (TPSA) is 109 Å². The molecule has 1 fully saturated rings. The predicted octanol–water partition coefficient (Wildman–Crippen LogP) is 3.97. The lowest BCUT2D eigenvalue weighted by atomic mass is 10.0. The van der Waals surface area contributed by atoms with Crippen LogP contribution in [0.15, 0.2) is 35.6 Å². The highest BCUT2D eigenvalue weighted by atomic mass is 19.1. The summed E-state index contributed by atoms with van der Waals surface area (Å²) in [5.41, 5.74) is 3.65. The molecule has 0 saturated carbocycles. The molecule has 0 spiro atoms. The summed E-state index contributed by atoms with van der Waals surface area (Å²) in [6.45, 7) is 5.34. The van der Waals surface area contributed by atoms with Crippen LogP contribution >= 0.6 is 0 Å². The van der Waals surface area contributed by atoms with Crippen LogP contribution in [-0.2, 0) is 11.3 Å². The number of hydrazone groups is 1. The molecule has 1 aromatic carbocycles. The summed E-state index contributed by atoms with van der Waals surface area (Å²) in [4.78, 5) is 18.9. The number of benzene rings is 1. The Hall–Kier alpha value is -4.37. The SMILES string of the molecule is COCCn1nc(C)c(-c2cc(OC3CN(C(=O)N4N=CCC4c4cc(F)cc(C#N)c4)C3)c(F)cn2)c1C. The fourth-order valence-electron chi connectivity index (χ4n) is 4.85. The molecule has 2 amide bonds. The molecule has 4 heterocycles. The first kappa shape index (κ1) is 26.2. The van der Waals surface area contributed by atoms with Crippen LogP contribution < -0.4 is 4.74 Å². The number of nitrogens with zero attached hydrogens (tertiary/aromatic N) is 7. The summed E-state index contributed by atoms with van der Waals surface area (Å²) in [7, 11) is 1.62. The molecular weight excluding hydrogens is 508 g/mol. The van der Waals surface area contributed by atoms with Crippen molar-refractivity contribution >= 4 is 12.2 Å². The standard InChI is InChI=1S/C27H27F2N7O3/c1-16-26(17(2)35(33-16)6-7-38-3)23-11-25(22(29)13-31-23)39-21-14-34(15-21)27(37)36-24(4-5-32-36)19-8-18(12-30)9-20(28)10-19/h5,8-11,13,21,24H,4,6-7,14-15H2,1-3H3. The molecule has 0 aliphatic carbocycles. The van der Waals surface area contributed by atoms with E-state index in [1.54, 1.807) is 25.5 Å². The quantitative estimate of drug-likeness (QED) is 0.453. The smallest absolute Gasteiger partial charge is 0.341 e. The minimum atomic E-state index is -0.603. The second-order valence-corrected chi connectivity index (χ2v) is 9.47. The van der Waals surface area contributed by atoms with Gasteiger partial charge in [0.1, 0.15) is 11.9 Å². The number of hydrogen-bond acceptors (Lipinski definition) is 7. The summed E-state index contributed by atoms with van der Waals surface area (Å²) in [5, 5.41) is 19.2. The number of methoxy groups -OCH3 is 1. The minimum Gasteiger partial charge on any atom is -0.483 e. The number of aryl methyl sites for hydroxylation is 1. The number of nitriles is 1. The van der Waals surface area contributed by atoms with Crippen molar-refractivity contribution in [2.75, 3.05) is 26.8 Å². The van der Waals surface area contributed by atoms with E-state index in [-0.39, 0.29) is 30.4 Å². The summed E-state index contributed by atoms with van der Waals surface area (Å²) in [6.07, 6.45) is 2.69. The first-order valence-corrected chi connectivity index (χ1v) is 12.5. The number of carbonyl (C=O) groups excluding carboxylic acids is 1. The third-order valence-corrected chi connectivity index (χ3v) is 6.84. The van der Waals surface area contributed by atoms with Gasteiger partial charge in [-0.25, -0.2) is 18.6 Å². The molecule has 202 valence electrons. The zero-order chi connectivity index (χ0) is 27.7. The van der Waals surface area contributed by atoms with Gasteiger partial charge in [-0.1, -0.05) is 0 Å². The highest BCUT2D eigenvalue weighted by Gasteiger charge is 2.39. The van der Waals surface area contributed by atoms with Gasteiger partial charge in [0.05, 0.1) is 61.5 Å². The molecular formula is C27H27F2N7O3. The Morgan fingerprint density at radius 1 is 1.21 bits per heavy atom. The van der Waals surface area contributed by atoms with Gasteiger partial charge in [0.15, 0.2) is 11.6 Å². The number of likely N-dealkylation sites (tertiary alicyclic amines) is 1.